The van der Waals surface area contributed by atoms with E-state index in [1.54, 1.807) is 33.2 Å². The molecule has 7 heteroatoms. The van der Waals surface area contributed by atoms with Gasteiger partial charge in [0.05, 0.1) is 12.8 Å². The van der Waals surface area contributed by atoms with Gasteiger partial charge in [-0.15, -0.1) is 0 Å². The number of aryl methyl sites for hydroxylation is 2. The van der Waals surface area contributed by atoms with E-state index in [-0.39, 0.29) is 4.90 Å². The Morgan fingerprint density at radius 1 is 1.08 bits per heavy atom. The molecule has 1 N–H and O–H groups in total. The standard InChI is InChI=1S/C18H19N3O3S/c1-13-18(12-21(2)19-13)25(22,23)20-16-8-4-6-14(10-16)15-7-5-9-17(11-15)24-3/h4-12,20H,1-3H3. The van der Waals surface area contributed by atoms with Crippen molar-refractivity contribution in [2.45, 2.75) is 11.8 Å². The Morgan fingerprint density at radius 2 is 1.76 bits per heavy atom. The van der Waals surface area contributed by atoms with Crippen LogP contribution in [-0.2, 0) is 17.1 Å². The average Bonchev–Trinajstić information content (AvgIpc) is 2.94. The lowest BCUT2D eigenvalue weighted by Gasteiger charge is -2.10. The van der Waals surface area contributed by atoms with Crippen LogP contribution in [0, 0.1) is 6.92 Å². The number of hydrogen-bond acceptors (Lipinski definition) is 4. The Morgan fingerprint density at radius 3 is 2.40 bits per heavy atom. The van der Waals surface area contributed by atoms with Gasteiger partial charge in [-0.05, 0) is 42.3 Å². The largest absolute Gasteiger partial charge is 0.497 e. The molecule has 0 aliphatic carbocycles. The molecule has 0 fully saturated rings. The Bertz CT molecular complexity index is 1010. The zero-order valence-electron chi connectivity index (χ0n) is 14.2. The smallest absolute Gasteiger partial charge is 0.265 e. The molecule has 0 spiro atoms. The van der Waals surface area contributed by atoms with Crippen LogP contribution in [0.25, 0.3) is 11.1 Å². The summed E-state index contributed by atoms with van der Waals surface area (Å²) in [5, 5.41) is 4.09. The predicted molar refractivity (Wildman–Crippen MR) is 97.2 cm³/mol. The maximum atomic E-state index is 12.6. The first-order valence-electron chi connectivity index (χ1n) is 7.66. The van der Waals surface area contributed by atoms with Crippen LogP contribution in [-0.4, -0.2) is 25.3 Å². The average molecular weight is 357 g/mol. The second kappa shape index (κ2) is 6.60. The molecule has 6 nitrogen and oxygen atoms in total. The minimum Gasteiger partial charge on any atom is -0.497 e. The number of aromatic nitrogens is 2. The number of nitrogens with zero attached hydrogens (tertiary/aromatic N) is 2. The zero-order chi connectivity index (χ0) is 18.0. The van der Waals surface area contributed by atoms with Gasteiger partial charge in [0.25, 0.3) is 10.0 Å². The summed E-state index contributed by atoms with van der Waals surface area (Å²) >= 11 is 0. The van der Waals surface area contributed by atoms with Gasteiger partial charge in [0.2, 0.25) is 0 Å². The van der Waals surface area contributed by atoms with Crippen molar-refractivity contribution in [3.63, 3.8) is 0 Å². The molecule has 3 rings (SSSR count). The molecule has 2 aromatic carbocycles. The van der Waals surface area contributed by atoms with Gasteiger partial charge in [0, 0.05) is 18.9 Å². The van der Waals surface area contributed by atoms with Crippen molar-refractivity contribution in [3.05, 3.63) is 60.4 Å². The van der Waals surface area contributed by atoms with Crippen LogP contribution < -0.4 is 9.46 Å². The molecule has 25 heavy (non-hydrogen) atoms. The fourth-order valence-electron chi connectivity index (χ4n) is 2.62. The van der Waals surface area contributed by atoms with Gasteiger partial charge in [0.1, 0.15) is 10.6 Å². The molecule has 1 aromatic heterocycles. The van der Waals surface area contributed by atoms with Crippen LogP contribution in [0.15, 0.2) is 59.6 Å². The summed E-state index contributed by atoms with van der Waals surface area (Å²) in [6.45, 7) is 1.67. The molecule has 0 aliphatic rings. The van der Waals surface area contributed by atoms with Crippen molar-refractivity contribution < 1.29 is 13.2 Å². The second-order valence-corrected chi connectivity index (χ2v) is 7.32. The first kappa shape index (κ1) is 17.0. The molecule has 0 aliphatic heterocycles. The van der Waals surface area contributed by atoms with Gasteiger partial charge >= 0.3 is 0 Å². The Balaban J connectivity index is 1.93. The number of nitrogens with one attached hydrogen (secondary N) is 1. The number of methoxy groups -OCH3 is 1. The van der Waals surface area contributed by atoms with E-state index in [4.69, 9.17) is 4.74 Å². The normalized spacial score (nSPS) is 11.3. The molecule has 0 saturated carbocycles. The topological polar surface area (TPSA) is 73.2 Å². The van der Waals surface area contributed by atoms with Crippen LogP contribution in [0.3, 0.4) is 0 Å². The number of ether oxygens (including phenoxy) is 1. The lowest BCUT2D eigenvalue weighted by molar-refractivity contribution is 0.415. The fraction of sp³-hybridized carbons (Fsp3) is 0.167. The summed E-state index contributed by atoms with van der Waals surface area (Å²) in [5.74, 6) is 0.745. The number of benzene rings is 2. The highest BCUT2D eigenvalue weighted by Gasteiger charge is 2.20. The SMILES string of the molecule is COc1cccc(-c2cccc(NS(=O)(=O)c3cn(C)nc3C)c2)c1. The van der Waals surface area contributed by atoms with Crippen molar-refractivity contribution in [3.8, 4) is 16.9 Å². The zero-order valence-corrected chi connectivity index (χ0v) is 15.0. The summed E-state index contributed by atoms with van der Waals surface area (Å²) in [6.07, 6.45) is 1.49. The molecular formula is C18H19N3O3S. The van der Waals surface area contributed by atoms with E-state index in [9.17, 15) is 8.42 Å². The molecular weight excluding hydrogens is 338 g/mol. The molecule has 130 valence electrons. The number of sulfonamides is 1. The molecule has 0 saturated heterocycles. The third-order valence-corrected chi connectivity index (χ3v) is 5.26. The van der Waals surface area contributed by atoms with Gasteiger partial charge in [0.15, 0.2) is 0 Å². The molecule has 0 bridgehead atoms. The van der Waals surface area contributed by atoms with Crippen molar-refractivity contribution in [1.82, 2.24) is 9.78 Å². The highest BCUT2D eigenvalue weighted by atomic mass is 32.2. The van der Waals surface area contributed by atoms with Gasteiger partial charge in [-0.3, -0.25) is 9.40 Å². The van der Waals surface area contributed by atoms with Crippen LogP contribution in [0.2, 0.25) is 0 Å². The Kier molecular flexibility index (Phi) is 4.50. The summed E-state index contributed by atoms with van der Waals surface area (Å²) < 4.78 is 34.5. The Labute approximate surface area is 147 Å². The molecule has 1 heterocycles. The molecule has 0 amide bonds. The molecule has 0 atom stereocenters. The molecule has 0 unspecified atom stereocenters. The van der Waals surface area contributed by atoms with Gasteiger partial charge < -0.3 is 4.74 Å². The number of rotatable bonds is 5. The van der Waals surface area contributed by atoms with Crippen LogP contribution in [0.5, 0.6) is 5.75 Å². The van der Waals surface area contributed by atoms with Crippen LogP contribution in [0.1, 0.15) is 5.69 Å². The lowest BCUT2D eigenvalue weighted by atomic mass is 10.1. The van der Waals surface area contributed by atoms with Gasteiger partial charge in [-0.1, -0.05) is 24.3 Å². The summed E-state index contributed by atoms with van der Waals surface area (Å²) in [7, 11) is -0.392. The quantitative estimate of drug-likeness (QED) is 0.761. The number of hydrogen-bond donors (Lipinski definition) is 1. The maximum Gasteiger partial charge on any atom is 0.265 e. The van der Waals surface area contributed by atoms with Crippen LogP contribution in [0.4, 0.5) is 5.69 Å². The monoisotopic (exact) mass is 357 g/mol. The minimum atomic E-state index is -3.69. The second-order valence-electron chi connectivity index (χ2n) is 5.67. The Hall–Kier alpha value is -2.80. The third-order valence-electron chi connectivity index (χ3n) is 3.78. The van der Waals surface area contributed by atoms with Crippen molar-refractivity contribution in [2.24, 2.45) is 7.05 Å². The summed E-state index contributed by atoms with van der Waals surface area (Å²) in [4.78, 5) is 0.168. The third kappa shape index (κ3) is 3.66. The van der Waals surface area contributed by atoms with E-state index in [1.165, 1.54) is 10.9 Å². The maximum absolute atomic E-state index is 12.6. The van der Waals surface area contributed by atoms with E-state index >= 15 is 0 Å². The van der Waals surface area contributed by atoms with Crippen molar-refractivity contribution in [2.75, 3.05) is 11.8 Å². The van der Waals surface area contributed by atoms with E-state index in [0.29, 0.717) is 11.4 Å². The lowest BCUT2D eigenvalue weighted by Crippen LogP contribution is -2.13. The van der Waals surface area contributed by atoms with E-state index < -0.39 is 10.0 Å². The van der Waals surface area contributed by atoms with Gasteiger partial charge in [-0.25, -0.2) is 8.42 Å². The highest BCUT2D eigenvalue weighted by Crippen LogP contribution is 2.27. The van der Waals surface area contributed by atoms with Crippen LogP contribution >= 0.6 is 0 Å². The minimum absolute atomic E-state index is 0.168. The van der Waals surface area contributed by atoms with E-state index in [1.807, 2.05) is 36.4 Å². The first-order chi connectivity index (χ1) is 11.9. The van der Waals surface area contributed by atoms with E-state index in [0.717, 1.165) is 16.9 Å². The van der Waals surface area contributed by atoms with E-state index in [2.05, 4.69) is 9.82 Å². The van der Waals surface area contributed by atoms with Gasteiger partial charge in [-0.2, -0.15) is 5.10 Å². The predicted octanol–water partition coefficient (Wildman–Crippen LogP) is 3.20. The van der Waals surface area contributed by atoms with Crippen molar-refractivity contribution in [1.29, 1.82) is 0 Å². The number of anilines is 1. The van der Waals surface area contributed by atoms with Crippen molar-refractivity contribution >= 4 is 15.7 Å². The summed E-state index contributed by atoms with van der Waals surface area (Å²) in [6, 6.07) is 14.8. The summed E-state index contributed by atoms with van der Waals surface area (Å²) in [5.41, 5.74) is 2.78. The molecule has 3 aromatic rings. The molecule has 0 radical (unpaired) electrons. The first-order valence-corrected chi connectivity index (χ1v) is 9.15. The highest BCUT2D eigenvalue weighted by molar-refractivity contribution is 7.92. The fourth-order valence-corrected chi connectivity index (χ4v) is 3.88.